The largest absolute Gasteiger partial charge is 0.374 e. The number of rotatable bonds is 5. The van der Waals surface area contributed by atoms with Gasteiger partial charge in [-0.25, -0.2) is 0 Å². The molecule has 3 heteroatoms. The summed E-state index contributed by atoms with van der Waals surface area (Å²) in [7, 11) is 0. The highest BCUT2D eigenvalue weighted by Crippen LogP contribution is 2.16. The Morgan fingerprint density at radius 2 is 1.71 bits per heavy atom. The lowest BCUT2D eigenvalue weighted by molar-refractivity contribution is -0.116. The molecule has 0 fully saturated rings. The van der Waals surface area contributed by atoms with Crippen LogP contribution in [0.4, 0.5) is 11.4 Å². The van der Waals surface area contributed by atoms with Crippen molar-refractivity contribution < 1.29 is 4.79 Å². The molecule has 0 spiro atoms. The summed E-state index contributed by atoms with van der Waals surface area (Å²) in [5.41, 5.74) is 4.27. The zero-order valence-electron chi connectivity index (χ0n) is 12.8. The van der Waals surface area contributed by atoms with E-state index in [0.29, 0.717) is 0 Å². The second-order valence-electron chi connectivity index (χ2n) is 5.26. The van der Waals surface area contributed by atoms with Gasteiger partial charge in [0.25, 0.3) is 0 Å². The van der Waals surface area contributed by atoms with Gasteiger partial charge in [-0.15, -0.1) is 0 Å². The Kier molecular flexibility index (Phi) is 4.99. The minimum Gasteiger partial charge on any atom is -0.374 e. The zero-order chi connectivity index (χ0) is 15.2. The van der Waals surface area contributed by atoms with Crippen LogP contribution in [0.5, 0.6) is 0 Å². The Morgan fingerprint density at radius 3 is 2.33 bits per heavy atom. The van der Waals surface area contributed by atoms with Gasteiger partial charge in [-0.2, -0.15) is 0 Å². The van der Waals surface area contributed by atoms with E-state index in [0.717, 1.165) is 17.8 Å². The van der Waals surface area contributed by atoms with Crippen molar-refractivity contribution >= 4 is 17.3 Å². The summed E-state index contributed by atoms with van der Waals surface area (Å²) in [5, 5.41) is 6.24. The van der Waals surface area contributed by atoms with E-state index >= 15 is 0 Å². The second kappa shape index (κ2) is 6.93. The topological polar surface area (TPSA) is 41.1 Å². The lowest BCUT2D eigenvalue weighted by Gasteiger charge is -2.18. The van der Waals surface area contributed by atoms with Gasteiger partial charge in [-0.1, -0.05) is 31.2 Å². The molecule has 0 aliphatic heterocycles. The van der Waals surface area contributed by atoms with Crippen molar-refractivity contribution in [1.82, 2.24) is 0 Å². The van der Waals surface area contributed by atoms with E-state index in [2.05, 4.69) is 36.6 Å². The highest BCUT2D eigenvalue weighted by molar-refractivity contribution is 5.96. The van der Waals surface area contributed by atoms with E-state index in [1.807, 2.05) is 43.3 Å². The molecule has 2 N–H and O–H groups in total. The molecule has 110 valence electrons. The average Bonchev–Trinajstić information content (AvgIpc) is 2.49. The van der Waals surface area contributed by atoms with Gasteiger partial charge in [0.05, 0.1) is 0 Å². The fourth-order valence-electron chi connectivity index (χ4n) is 2.14. The molecule has 0 saturated carbocycles. The molecule has 2 aromatic carbocycles. The van der Waals surface area contributed by atoms with Crippen LogP contribution in [0.25, 0.3) is 0 Å². The fourth-order valence-corrected chi connectivity index (χ4v) is 2.14. The molecule has 1 atom stereocenters. The summed E-state index contributed by atoms with van der Waals surface area (Å²) in [6, 6.07) is 15.4. The third kappa shape index (κ3) is 4.09. The molecule has 1 amide bonds. The molecule has 0 aliphatic carbocycles. The molecule has 2 rings (SSSR count). The van der Waals surface area contributed by atoms with Gasteiger partial charge in [0.2, 0.25) is 5.91 Å². The highest BCUT2D eigenvalue weighted by atomic mass is 16.2. The molecule has 0 bridgehead atoms. The monoisotopic (exact) mass is 282 g/mol. The van der Waals surface area contributed by atoms with E-state index in [1.165, 1.54) is 11.1 Å². The summed E-state index contributed by atoms with van der Waals surface area (Å²) >= 11 is 0. The molecule has 0 aromatic heterocycles. The number of benzene rings is 2. The number of anilines is 2. The van der Waals surface area contributed by atoms with Crippen molar-refractivity contribution in [3.05, 3.63) is 59.7 Å². The van der Waals surface area contributed by atoms with Gasteiger partial charge in [-0.05, 0) is 55.7 Å². The van der Waals surface area contributed by atoms with Crippen LogP contribution in [0.3, 0.4) is 0 Å². The van der Waals surface area contributed by atoms with Crippen LogP contribution in [0.1, 0.15) is 24.5 Å². The van der Waals surface area contributed by atoms with Gasteiger partial charge in [0, 0.05) is 11.4 Å². The Labute approximate surface area is 126 Å². The Bertz CT molecular complexity index is 608. The number of nitrogens with one attached hydrogen (secondary N) is 2. The van der Waals surface area contributed by atoms with Crippen LogP contribution in [0.15, 0.2) is 48.5 Å². The van der Waals surface area contributed by atoms with Gasteiger partial charge >= 0.3 is 0 Å². The fraction of sp³-hybridized carbons (Fsp3) is 0.278. The lowest BCUT2D eigenvalue weighted by Crippen LogP contribution is -2.34. The second-order valence-corrected chi connectivity index (χ2v) is 5.26. The third-order valence-electron chi connectivity index (χ3n) is 3.61. The van der Waals surface area contributed by atoms with Crippen molar-refractivity contribution in [3.63, 3.8) is 0 Å². The van der Waals surface area contributed by atoms with E-state index in [1.54, 1.807) is 0 Å². The highest BCUT2D eigenvalue weighted by Gasteiger charge is 2.16. The number of amides is 1. The predicted molar refractivity (Wildman–Crippen MR) is 88.7 cm³/mol. The first kappa shape index (κ1) is 15.1. The molecule has 0 heterocycles. The van der Waals surface area contributed by atoms with Crippen LogP contribution in [0, 0.1) is 13.8 Å². The van der Waals surface area contributed by atoms with Gasteiger partial charge < -0.3 is 10.6 Å². The molecule has 0 saturated heterocycles. The maximum absolute atomic E-state index is 12.3. The molecular weight excluding hydrogens is 260 g/mol. The van der Waals surface area contributed by atoms with E-state index < -0.39 is 0 Å². The molecule has 0 radical (unpaired) electrons. The van der Waals surface area contributed by atoms with Gasteiger partial charge in [0.1, 0.15) is 6.04 Å². The number of hydrogen-bond donors (Lipinski definition) is 2. The van der Waals surface area contributed by atoms with E-state index in [9.17, 15) is 4.79 Å². The van der Waals surface area contributed by atoms with Crippen LogP contribution >= 0.6 is 0 Å². The van der Waals surface area contributed by atoms with E-state index in [4.69, 9.17) is 0 Å². The first-order valence-electron chi connectivity index (χ1n) is 7.30. The predicted octanol–water partition coefficient (Wildman–Crippen LogP) is 4.13. The number of carbonyl (C=O) groups excluding carboxylic acids is 1. The first-order valence-corrected chi connectivity index (χ1v) is 7.30. The van der Waals surface area contributed by atoms with Crippen molar-refractivity contribution in [3.8, 4) is 0 Å². The zero-order valence-corrected chi connectivity index (χ0v) is 12.8. The van der Waals surface area contributed by atoms with Crippen molar-refractivity contribution in [1.29, 1.82) is 0 Å². The maximum Gasteiger partial charge on any atom is 0.246 e. The standard InChI is InChI=1S/C18H22N2O/c1-4-17(18(21)20-15-8-6-5-7-9-15)19-16-11-10-13(2)14(3)12-16/h5-12,17,19H,4H2,1-3H3,(H,20,21). The van der Waals surface area contributed by atoms with Gasteiger partial charge in [-0.3, -0.25) is 4.79 Å². The Morgan fingerprint density at radius 1 is 1.00 bits per heavy atom. The van der Waals surface area contributed by atoms with Crippen molar-refractivity contribution in [2.24, 2.45) is 0 Å². The van der Waals surface area contributed by atoms with Crippen molar-refractivity contribution in [2.75, 3.05) is 10.6 Å². The molecule has 2 aromatic rings. The van der Waals surface area contributed by atoms with Gasteiger partial charge in [0.15, 0.2) is 0 Å². The van der Waals surface area contributed by atoms with Crippen LogP contribution in [-0.2, 0) is 4.79 Å². The summed E-state index contributed by atoms with van der Waals surface area (Å²) in [5.74, 6) is -0.0121. The smallest absolute Gasteiger partial charge is 0.246 e. The van der Waals surface area contributed by atoms with Crippen LogP contribution in [-0.4, -0.2) is 11.9 Å². The Hall–Kier alpha value is -2.29. The number of aryl methyl sites for hydroxylation is 2. The minimum absolute atomic E-state index is 0.0121. The summed E-state index contributed by atoms with van der Waals surface area (Å²) in [6.07, 6.45) is 0.728. The minimum atomic E-state index is -0.243. The lowest BCUT2D eigenvalue weighted by atomic mass is 10.1. The quantitative estimate of drug-likeness (QED) is 0.865. The Balaban J connectivity index is 2.05. The summed E-state index contributed by atoms with van der Waals surface area (Å²) in [4.78, 5) is 12.3. The van der Waals surface area contributed by atoms with E-state index in [-0.39, 0.29) is 11.9 Å². The molecule has 21 heavy (non-hydrogen) atoms. The normalized spacial score (nSPS) is 11.8. The molecule has 3 nitrogen and oxygen atoms in total. The van der Waals surface area contributed by atoms with Crippen LogP contribution < -0.4 is 10.6 Å². The summed E-state index contributed by atoms with van der Waals surface area (Å²) in [6.45, 7) is 6.16. The number of para-hydroxylation sites is 1. The SMILES string of the molecule is CCC(Nc1ccc(C)c(C)c1)C(=O)Nc1ccccc1. The molecular formula is C18H22N2O. The number of hydrogen-bond acceptors (Lipinski definition) is 2. The van der Waals surface area contributed by atoms with Crippen molar-refractivity contribution in [2.45, 2.75) is 33.2 Å². The number of carbonyl (C=O) groups is 1. The maximum atomic E-state index is 12.3. The van der Waals surface area contributed by atoms with Crippen LogP contribution in [0.2, 0.25) is 0 Å². The first-order chi connectivity index (χ1) is 10.1. The molecule has 0 aliphatic rings. The average molecular weight is 282 g/mol. The third-order valence-corrected chi connectivity index (χ3v) is 3.61. The summed E-state index contributed by atoms with van der Waals surface area (Å²) < 4.78 is 0. The molecule has 1 unspecified atom stereocenters.